The molecule has 0 unspecified atom stereocenters. The Bertz CT molecular complexity index is 1630. The number of aryl methyl sites for hydroxylation is 2. The van der Waals surface area contributed by atoms with Crippen LogP contribution < -0.4 is 14.5 Å². The number of benzene rings is 1. The van der Waals surface area contributed by atoms with Crippen LogP contribution in [-0.4, -0.2) is 88.9 Å². The van der Waals surface area contributed by atoms with Gasteiger partial charge in [-0.3, -0.25) is 9.48 Å². The van der Waals surface area contributed by atoms with Gasteiger partial charge in [0.1, 0.15) is 18.2 Å². The molecule has 5 heterocycles. The van der Waals surface area contributed by atoms with Crippen LogP contribution in [0.15, 0.2) is 30.7 Å². The molecule has 0 saturated carbocycles. The molecule has 3 aliphatic heterocycles. The average molecular weight is 587 g/mol. The molecule has 2 fully saturated rings. The third-order valence-corrected chi connectivity index (χ3v) is 9.32. The molecule has 43 heavy (non-hydrogen) atoms. The van der Waals surface area contributed by atoms with Crippen molar-refractivity contribution in [2.24, 2.45) is 7.05 Å². The molecule has 2 atom stereocenters. The SMILES string of the molecule is C=C(F)C(=O)N1CCN(c2c(C#N)c(OC[C@@H]3CCCN3C)nc3c2CCN(c2c(C)ccc4cnn(C)c24)C3)C[C@@H]1C. The average Bonchev–Trinajstić information content (AvgIpc) is 3.58. The lowest BCUT2D eigenvalue weighted by molar-refractivity contribution is -0.131. The summed E-state index contributed by atoms with van der Waals surface area (Å²) >= 11 is 0. The zero-order valence-corrected chi connectivity index (χ0v) is 25.4. The van der Waals surface area contributed by atoms with E-state index in [2.05, 4.69) is 58.6 Å². The highest BCUT2D eigenvalue weighted by Gasteiger charge is 2.35. The number of rotatable bonds is 6. The Kier molecular flexibility index (Phi) is 7.73. The van der Waals surface area contributed by atoms with Crippen molar-refractivity contribution in [1.82, 2.24) is 24.6 Å². The number of likely N-dealkylation sites (tertiary alicyclic amines) is 1. The minimum Gasteiger partial charge on any atom is -0.475 e. The second-order valence-corrected chi connectivity index (χ2v) is 12.1. The molecule has 2 aromatic heterocycles. The number of pyridine rings is 1. The van der Waals surface area contributed by atoms with Crippen LogP contribution in [0.5, 0.6) is 5.88 Å². The van der Waals surface area contributed by atoms with Crippen LogP contribution >= 0.6 is 0 Å². The van der Waals surface area contributed by atoms with Crippen molar-refractivity contribution in [2.75, 3.05) is 56.2 Å². The van der Waals surface area contributed by atoms with E-state index in [0.29, 0.717) is 50.7 Å². The van der Waals surface area contributed by atoms with Gasteiger partial charge in [-0.2, -0.15) is 10.4 Å². The smallest absolute Gasteiger partial charge is 0.282 e. The number of nitriles is 1. The number of carbonyl (C=O) groups excluding carboxylic acids is 1. The first-order valence-electron chi connectivity index (χ1n) is 15.0. The topological polar surface area (TPSA) is 93.8 Å². The summed E-state index contributed by atoms with van der Waals surface area (Å²) in [5.41, 5.74) is 6.57. The fourth-order valence-electron chi connectivity index (χ4n) is 7.01. The van der Waals surface area contributed by atoms with Gasteiger partial charge in [-0.25, -0.2) is 9.37 Å². The highest BCUT2D eigenvalue weighted by molar-refractivity contribution is 5.93. The molecule has 0 aliphatic carbocycles. The highest BCUT2D eigenvalue weighted by Crippen LogP contribution is 2.40. The zero-order valence-electron chi connectivity index (χ0n) is 25.4. The van der Waals surface area contributed by atoms with Gasteiger partial charge >= 0.3 is 0 Å². The van der Waals surface area contributed by atoms with Gasteiger partial charge in [0.2, 0.25) is 5.88 Å². The lowest BCUT2D eigenvalue weighted by Crippen LogP contribution is -2.54. The van der Waals surface area contributed by atoms with Crippen molar-refractivity contribution < 1.29 is 13.9 Å². The van der Waals surface area contributed by atoms with Crippen LogP contribution in [0, 0.1) is 18.3 Å². The van der Waals surface area contributed by atoms with Gasteiger partial charge in [-0.15, -0.1) is 0 Å². The fraction of sp³-hybridized carbons (Fsp3) is 0.500. The van der Waals surface area contributed by atoms with Crippen LogP contribution in [0.4, 0.5) is 15.8 Å². The predicted molar refractivity (Wildman–Crippen MR) is 164 cm³/mol. The summed E-state index contributed by atoms with van der Waals surface area (Å²) in [5, 5.41) is 16.1. The summed E-state index contributed by atoms with van der Waals surface area (Å²) < 4.78 is 22.0. The minimum atomic E-state index is -0.953. The molecule has 0 spiro atoms. The second kappa shape index (κ2) is 11.5. The number of carbonyl (C=O) groups is 1. The Hall–Kier alpha value is -4.17. The Morgan fingerprint density at radius 1 is 1.19 bits per heavy atom. The molecule has 1 aromatic carbocycles. The molecular weight excluding hydrogens is 547 g/mol. The Morgan fingerprint density at radius 2 is 2.00 bits per heavy atom. The first-order chi connectivity index (χ1) is 20.7. The number of halogens is 1. The van der Waals surface area contributed by atoms with Crippen molar-refractivity contribution in [1.29, 1.82) is 5.26 Å². The molecule has 2 saturated heterocycles. The predicted octanol–water partition coefficient (Wildman–Crippen LogP) is 3.70. The van der Waals surface area contributed by atoms with Gasteiger partial charge in [0.15, 0.2) is 5.83 Å². The molecule has 11 heteroatoms. The zero-order chi connectivity index (χ0) is 30.4. The number of hydrogen-bond acceptors (Lipinski definition) is 8. The first kappa shape index (κ1) is 28.9. The van der Waals surface area contributed by atoms with Crippen molar-refractivity contribution in [3.8, 4) is 11.9 Å². The van der Waals surface area contributed by atoms with E-state index < -0.39 is 11.7 Å². The van der Waals surface area contributed by atoms with E-state index in [1.54, 1.807) is 0 Å². The van der Waals surface area contributed by atoms with Crippen molar-refractivity contribution in [3.63, 3.8) is 0 Å². The van der Waals surface area contributed by atoms with E-state index in [0.717, 1.165) is 59.5 Å². The monoisotopic (exact) mass is 586 g/mol. The number of amides is 1. The Morgan fingerprint density at radius 3 is 2.70 bits per heavy atom. The van der Waals surface area contributed by atoms with Gasteiger partial charge in [0, 0.05) is 56.3 Å². The third-order valence-electron chi connectivity index (χ3n) is 9.32. The highest BCUT2D eigenvalue weighted by atomic mass is 19.1. The Balaban J connectivity index is 1.39. The maximum absolute atomic E-state index is 13.7. The molecule has 3 aromatic rings. The van der Waals surface area contributed by atoms with Crippen LogP contribution in [-0.2, 0) is 24.8 Å². The number of piperazine rings is 1. The van der Waals surface area contributed by atoms with E-state index in [9.17, 15) is 14.4 Å². The number of ether oxygens (including phenoxy) is 1. The van der Waals surface area contributed by atoms with Crippen LogP contribution in [0.3, 0.4) is 0 Å². The summed E-state index contributed by atoms with van der Waals surface area (Å²) in [6, 6.07) is 6.67. The second-order valence-electron chi connectivity index (χ2n) is 12.1. The molecule has 0 radical (unpaired) electrons. The van der Waals surface area contributed by atoms with Gasteiger partial charge < -0.3 is 24.3 Å². The van der Waals surface area contributed by atoms with E-state index in [-0.39, 0.29) is 12.1 Å². The first-order valence-corrected chi connectivity index (χ1v) is 15.0. The quantitative estimate of drug-likeness (QED) is 0.404. The molecule has 6 rings (SSSR count). The molecule has 0 N–H and O–H groups in total. The number of nitrogens with zero attached hydrogens (tertiary/aromatic N) is 8. The Labute approximate surface area is 251 Å². The van der Waals surface area contributed by atoms with Crippen molar-refractivity contribution >= 4 is 28.2 Å². The van der Waals surface area contributed by atoms with Gasteiger partial charge in [0.25, 0.3) is 5.91 Å². The van der Waals surface area contributed by atoms with E-state index in [1.165, 1.54) is 10.5 Å². The summed E-state index contributed by atoms with van der Waals surface area (Å²) in [6.45, 7) is 11.3. The maximum Gasteiger partial charge on any atom is 0.282 e. The van der Waals surface area contributed by atoms with E-state index in [1.807, 2.05) is 24.9 Å². The number of hydrogen-bond donors (Lipinski definition) is 0. The normalized spacial score (nSPS) is 20.8. The number of likely N-dealkylation sites (N-methyl/N-ethyl adjacent to an activating group) is 1. The van der Waals surface area contributed by atoms with E-state index in [4.69, 9.17) is 9.72 Å². The van der Waals surface area contributed by atoms with Crippen LogP contribution in [0.1, 0.15) is 42.1 Å². The van der Waals surface area contributed by atoms with Crippen molar-refractivity contribution in [2.45, 2.75) is 51.7 Å². The van der Waals surface area contributed by atoms with Gasteiger partial charge in [-0.05, 0) is 52.3 Å². The standard InChI is InChI=1S/C32H39FN8O2/c1-20-8-9-23-16-35-38(5)29(23)28(20)39-12-10-25-27(18-39)36-31(43-19-24-7-6-11-37(24)4)26(15-34)30(25)40-13-14-41(21(2)17-40)32(42)22(3)33/h8-9,16,21,24H,3,6-7,10-14,17-19H2,1-2,4-5H3/t21-,24-/m0/s1. The molecule has 0 bridgehead atoms. The molecule has 3 aliphatic rings. The summed E-state index contributed by atoms with van der Waals surface area (Å²) in [4.78, 5) is 25.8. The third kappa shape index (κ3) is 5.18. The number of aromatic nitrogens is 3. The number of fused-ring (bicyclic) bond motifs is 2. The largest absolute Gasteiger partial charge is 0.475 e. The maximum atomic E-state index is 13.7. The lowest BCUT2D eigenvalue weighted by atomic mass is 9.96. The molecular formula is C32H39FN8O2. The molecule has 226 valence electrons. The molecule has 1 amide bonds. The number of anilines is 2. The lowest BCUT2D eigenvalue weighted by Gasteiger charge is -2.42. The van der Waals surface area contributed by atoms with Gasteiger partial charge in [0.05, 0.1) is 35.3 Å². The fourth-order valence-corrected chi connectivity index (χ4v) is 7.01. The van der Waals surface area contributed by atoms with Gasteiger partial charge in [-0.1, -0.05) is 18.7 Å². The van der Waals surface area contributed by atoms with Crippen LogP contribution in [0.2, 0.25) is 0 Å². The van der Waals surface area contributed by atoms with E-state index >= 15 is 0 Å². The minimum absolute atomic E-state index is 0.259. The van der Waals surface area contributed by atoms with Crippen LogP contribution in [0.25, 0.3) is 10.9 Å². The van der Waals surface area contributed by atoms with Crippen molar-refractivity contribution in [3.05, 3.63) is 53.1 Å². The summed E-state index contributed by atoms with van der Waals surface area (Å²) in [6.07, 6.45) is 4.76. The molecule has 10 nitrogen and oxygen atoms in total. The summed E-state index contributed by atoms with van der Waals surface area (Å²) in [5.74, 6) is -1.27. The summed E-state index contributed by atoms with van der Waals surface area (Å²) in [7, 11) is 4.07.